The molecule has 198 valence electrons. The second-order valence-electron chi connectivity index (χ2n) is 9.48. The highest BCUT2D eigenvalue weighted by molar-refractivity contribution is 5.94. The van der Waals surface area contributed by atoms with Crippen LogP contribution in [0.4, 0.5) is 0 Å². The highest BCUT2D eigenvalue weighted by Crippen LogP contribution is 2.24. The molecule has 0 bridgehead atoms. The van der Waals surface area contributed by atoms with Crippen LogP contribution in [0, 0.1) is 22.7 Å². The van der Waals surface area contributed by atoms with Crippen molar-refractivity contribution in [2.45, 2.75) is 13.2 Å². The van der Waals surface area contributed by atoms with Crippen LogP contribution in [0.3, 0.4) is 0 Å². The topological polar surface area (TPSA) is 111 Å². The molecule has 40 heavy (non-hydrogen) atoms. The number of carbonyl (C=O) groups excluding carboxylic acids is 1. The van der Waals surface area contributed by atoms with E-state index in [2.05, 4.69) is 17.0 Å². The highest BCUT2D eigenvalue weighted by Gasteiger charge is 2.23. The molecule has 5 rings (SSSR count). The Hall–Kier alpha value is -5.18. The van der Waals surface area contributed by atoms with Crippen LogP contribution >= 0.6 is 0 Å². The van der Waals surface area contributed by atoms with Crippen LogP contribution in [0.5, 0.6) is 5.75 Å². The Morgan fingerprint density at radius 1 is 0.900 bits per heavy atom. The summed E-state index contributed by atoms with van der Waals surface area (Å²) >= 11 is 0. The SMILES string of the molecule is N#Cc1ccc(C(=O)N2CCN(Cc3cc(=O)c(OCc4ccc(-c5ccccc5C#N)cc4)co3)CC2)cc1. The number of nitriles is 2. The third kappa shape index (κ3) is 6.10. The fourth-order valence-electron chi connectivity index (χ4n) is 4.60. The first-order valence-corrected chi connectivity index (χ1v) is 12.9. The molecule has 8 heteroatoms. The van der Waals surface area contributed by atoms with Gasteiger partial charge in [-0.1, -0.05) is 42.5 Å². The third-order valence-electron chi connectivity index (χ3n) is 6.86. The molecule has 1 aliphatic heterocycles. The van der Waals surface area contributed by atoms with Crippen LogP contribution in [0.1, 0.15) is 32.8 Å². The zero-order chi connectivity index (χ0) is 27.9. The Balaban J connectivity index is 1.12. The quantitative estimate of drug-likeness (QED) is 0.344. The Morgan fingerprint density at radius 3 is 2.30 bits per heavy atom. The van der Waals surface area contributed by atoms with E-state index in [1.807, 2.05) is 42.5 Å². The minimum Gasteiger partial charge on any atom is -0.482 e. The second-order valence-corrected chi connectivity index (χ2v) is 9.48. The van der Waals surface area contributed by atoms with Crippen molar-refractivity contribution in [1.82, 2.24) is 9.80 Å². The summed E-state index contributed by atoms with van der Waals surface area (Å²) in [7, 11) is 0. The lowest BCUT2D eigenvalue weighted by Gasteiger charge is -2.34. The van der Waals surface area contributed by atoms with Gasteiger partial charge in [0.25, 0.3) is 5.91 Å². The number of hydrogen-bond donors (Lipinski definition) is 0. The largest absolute Gasteiger partial charge is 0.482 e. The monoisotopic (exact) mass is 530 g/mol. The van der Waals surface area contributed by atoms with Crippen LogP contribution in [-0.4, -0.2) is 41.9 Å². The smallest absolute Gasteiger partial charge is 0.253 e. The molecule has 8 nitrogen and oxygen atoms in total. The van der Waals surface area contributed by atoms with E-state index in [4.69, 9.17) is 14.4 Å². The molecule has 0 N–H and O–H groups in total. The lowest BCUT2D eigenvalue weighted by atomic mass is 9.99. The molecular weight excluding hydrogens is 504 g/mol. The summed E-state index contributed by atoms with van der Waals surface area (Å²) in [6.45, 7) is 3.09. The van der Waals surface area contributed by atoms with E-state index in [0.717, 1.165) is 16.7 Å². The minimum atomic E-state index is -0.254. The van der Waals surface area contributed by atoms with Crippen LogP contribution < -0.4 is 10.2 Å². The molecule has 1 saturated heterocycles. The van der Waals surface area contributed by atoms with Crippen LogP contribution in [-0.2, 0) is 13.2 Å². The van der Waals surface area contributed by atoms with Crippen LogP contribution in [0.25, 0.3) is 11.1 Å². The summed E-state index contributed by atoms with van der Waals surface area (Å²) < 4.78 is 11.4. The Labute approximate surface area is 231 Å². The molecule has 0 aliphatic carbocycles. The standard InChI is InChI=1S/C32H26N4O4/c33-18-23-5-11-26(12-6-23)32(38)36-15-13-35(14-16-36)20-28-17-30(37)31(22-39-28)40-21-24-7-9-25(10-8-24)29-4-2-1-3-27(29)19-34/h1-12,17,22H,13-16,20-21H2. The van der Waals surface area contributed by atoms with Crippen molar-refractivity contribution in [3.05, 3.63) is 123 Å². The van der Waals surface area contributed by atoms with E-state index in [1.165, 1.54) is 12.3 Å². The lowest BCUT2D eigenvalue weighted by Crippen LogP contribution is -2.48. The first-order chi connectivity index (χ1) is 19.5. The number of hydrogen-bond acceptors (Lipinski definition) is 7. The van der Waals surface area contributed by atoms with Crippen molar-refractivity contribution in [3.63, 3.8) is 0 Å². The van der Waals surface area contributed by atoms with Gasteiger partial charge in [-0.2, -0.15) is 10.5 Å². The van der Waals surface area contributed by atoms with Crippen molar-refractivity contribution in [2.24, 2.45) is 0 Å². The summed E-state index contributed by atoms with van der Waals surface area (Å²) in [6.07, 6.45) is 1.35. The molecule has 2 heterocycles. The normalized spacial score (nSPS) is 13.3. The maximum atomic E-state index is 12.8. The molecule has 1 aliphatic rings. The molecule has 0 spiro atoms. The van der Waals surface area contributed by atoms with Gasteiger partial charge < -0.3 is 14.1 Å². The van der Waals surface area contributed by atoms with Gasteiger partial charge in [0.1, 0.15) is 18.6 Å². The lowest BCUT2D eigenvalue weighted by molar-refractivity contribution is 0.0619. The first kappa shape index (κ1) is 26.4. The highest BCUT2D eigenvalue weighted by atomic mass is 16.5. The van der Waals surface area contributed by atoms with E-state index in [0.29, 0.717) is 55.2 Å². The van der Waals surface area contributed by atoms with E-state index >= 15 is 0 Å². The number of benzene rings is 3. The summed E-state index contributed by atoms with van der Waals surface area (Å²) in [6, 6.07) is 27.5. The van der Waals surface area contributed by atoms with Gasteiger partial charge in [-0.05, 0) is 47.0 Å². The van der Waals surface area contributed by atoms with Crippen molar-refractivity contribution < 1.29 is 13.9 Å². The molecule has 0 radical (unpaired) electrons. The summed E-state index contributed by atoms with van der Waals surface area (Å²) in [5, 5.41) is 18.3. The van der Waals surface area contributed by atoms with Crippen molar-refractivity contribution in [1.29, 1.82) is 10.5 Å². The first-order valence-electron chi connectivity index (χ1n) is 12.9. The van der Waals surface area contributed by atoms with E-state index in [1.54, 1.807) is 35.2 Å². The van der Waals surface area contributed by atoms with Gasteiger partial charge in [0.15, 0.2) is 0 Å². The van der Waals surface area contributed by atoms with Gasteiger partial charge in [0, 0.05) is 37.8 Å². The van der Waals surface area contributed by atoms with E-state index < -0.39 is 0 Å². The molecule has 0 unspecified atom stereocenters. The molecule has 1 fully saturated rings. The van der Waals surface area contributed by atoms with Gasteiger partial charge >= 0.3 is 0 Å². The molecule has 3 aromatic carbocycles. The zero-order valence-electron chi connectivity index (χ0n) is 21.7. The molecule has 4 aromatic rings. The Bertz CT molecular complexity index is 1640. The zero-order valence-corrected chi connectivity index (χ0v) is 21.7. The van der Waals surface area contributed by atoms with Crippen LogP contribution in [0.15, 0.2) is 94.3 Å². The number of carbonyl (C=O) groups is 1. The summed E-state index contributed by atoms with van der Waals surface area (Å²) in [4.78, 5) is 29.3. The second kappa shape index (κ2) is 12.1. The average molecular weight is 531 g/mol. The molecular formula is C32H26N4O4. The van der Waals surface area contributed by atoms with E-state index in [9.17, 15) is 14.9 Å². The van der Waals surface area contributed by atoms with Crippen LogP contribution in [0.2, 0.25) is 0 Å². The van der Waals surface area contributed by atoms with Gasteiger partial charge in [0.2, 0.25) is 11.2 Å². The molecule has 0 saturated carbocycles. The Kier molecular flexibility index (Phi) is 8.01. The maximum Gasteiger partial charge on any atom is 0.253 e. The van der Waals surface area contributed by atoms with E-state index in [-0.39, 0.29) is 23.7 Å². The van der Waals surface area contributed by atoms with Gasteiger partial charge in [-0.15, -0.1) is 0 Å². The summed E-state index contributed by atoms with van der Waals surface area (Å²) in [5.74, 6) is 0.615. The van der Waals surface area contributed by atoms with Crippen molar-refractivity contribution >= 4 is 5.91 Å². The summed E-state index contributed by atoms with van der Waals surface area (Å²) in [5.41, 5.74) is 4.13. The maximum absolute atomic E-state index is 12.8. The number of nitrogens with zero attached hydrogens (tertiary/aromatic N) is 4. The molecule has 0 atom stereocenters. The number of rotatable bonds is 7. The van der Waals surface area contributed by atoms with Crippen molar-refractivity contribution in [2.75, 3.05) is 26.2 Å². The average Bonchev–Trinajstić information content (AvgIpc) is 3.01. The molecule has 1 amide bonds. The predicted molar refractivity (Wildman–Crippen MR) is 148 cm³/mol. The fraction of sp³-hybridized carbons (Fsp3) is 0.188. The number of amides is 1. The minimum absolute atomic E-state index is 0.0567. The fourth-order valence-corrected chi connectivity index (χ4v) is 4.60. The molecule has 1 aromatic heterocycles. The van der Waals surface area contributed by atoms with Gasteiger partial charge in [0.05, 0.1) is 29.8 Å². The van der Waals surface area contributed by atoms with Gasteiger partial charge in [-0.25, -0.2) is 0 Å². The Morgan fingerprint density at radius 2 is 1.62 bits per heavy atom. The predicted octanol–water partition coefficient (Wildman–Crippen LogP) is 4.59. The third-order valence-corrected chi connectivity index (χ3v) is 6.86. The van der Waals surface area contributed by atoms with Crippen molar-refractivity contribution in [3.8, 4) is 29.0 Å². The number of piperazine rings is 1. The van der Waals surface area contributed by atoms with Gasteiger partial charge in [-0.3, -0.25) is 14.5 Å². The number of ether oxygens (including phenoxy) is 1.